The Kier molecular flexibility index (Phi) is 5.98. The Morgan fingerprint density at radius 3 is 2.77 bits per heavy atom. The van der Waals surface area contributed by atoms with Crippen LogP contribution in [0.15, 0.2) is 35.8 Å². The number of rotatable bonds is 5. The second kappa shape index (κ2) is 8.99. The van der Waals surface area contributed by atoms with Crippen molar-refractivity contribution in [3.8, 4) is 0 Å². The van der Waals surface area contributed by atoms with Crippen molar-refractivity contribution < 1.29 is 14.4 Å². The van der Waals surface area contributed by atoms with Gasteiger partial charge in [-0.05, 0) is 42.7 Å². The summed E-state index contributed by atoms with van der Waals surface area (Å²) in [6.45, 7) is 2.11. The first-order valence-electron chi connectivity index (χ1n) is 9.45. The van der Waals surface area contributed by atoms with E-state index in [0.29, 0.717) is 34.7 Å². The average Bonchev–Trinajstić information content (AvgIpc) is 3.09. The summed E-state index contributed by atoms with van der Waals surface area (Å²) < 4.78 is 0. The van der Waals surface area contributed by atoms with Crippen LogP contribution in [0, 0.1) is 5.92 Å². The number of thioether (sulfide) groups is 1. The molecule has 2 aliphatic rings. The van der Waals surface area contributed by atoms with Crippen molar-refractivity contribution in [2.24, 2.45) is 5.92 Å². The minimum atomic E-state index is -0.408. The average molecular weight is 425 g/mol. The van der Waals surface area contributed by atoms with Gasteiger partial charge in [0.1, 0.15) is 5.69 Å². The summed E-state index contributed by atoms with van der Waals surface area (Å²) in [7, 11) is 0. The van der Waals surface area contributed by atoms with Gasteiger partial charge in [0.25, 0.3) is 17.1 Å². The van der Waals surface area contributed by atoms with Crippen molar-refractivity contribution in [1.29, 1.82) is 0 Å². The molecule has 2 N–H and O–H groups in total. The molecule has 0 spiro atoms. The Hall–Kier alpha value is -3.34. The van der Waals surface area contributed by atoms with Crippen LogP contribution in [0.4, 0.5) is 10.7 Å². The monoisotopic (exact) mass is 425 g/mol. The highest BCUT2D eigenvalue weighted by atomic mass is 32.2. The summed E-state index contributed by atoms with van der Waals surface area (Å²) in [6, 6.07) is 1.70. The number of anilines is 1. The van der Waals surface area contributed by atoms with Crippen LogP contribution in [-0.4, -0.2) is 56.6 Å². The summed E-state index contributed by atoms with van der Waals surface area (Å²) in [4.78, 5) is 54.2. The van der Waals surface area contributed by atoms with E-state index in [1.54, 1.807) is 18.3 Å². The summed E-state index contributed by atoms with van der Waals surface area (Å²) in [5.74, 6) is 0.314. The molecule has 30 heavy (non-hydrogen) atoms. The van der Waals surface area contributed by atoms with Gasteiger partial charge in [-0.25, -0.2) is 15.0 Å². The maximum Gasteiger partial charge on any atom is 0.290 e. The molecule has 4 heterocycles. The molecule has 2 saturated heterocycles. The maximum atomic E-state index is 12.1. The van der Waals surface area contributed by atoms with Gasteiger partial charge in [-0.15, -0.1) is 0 Å². The number of imide groups is 1. The standard InChI is InChI=1S/C19H19N7O3S/c27-16(14-11-20-5-6-21-14)23-10-12-2-7-26(8-3-12)18-22-4-1-13(24-18)9-15-17(28)25-19(29)30-15/h1,4-6,9,11-12H,2-3,7-8,10H2,(H,23,27)(H,25,28,29)/b15-9-. The van der Waals surface area contributed by atoms with Gasteiger partial charge in [0.05, 0.1) is 16.8 Å². The zero-order valence-electron chi connectivity index (χ0n) is 15.9. The third-order valence-corrected chi connectivity index (χ3v) is 5.64. The van der Waals surface area contributed by atoms with Crippen LogP contribution >= 0.6 is 11.8 Å². The minimum Gasteiger partial charge on any atom is -0.350 e. The Labute approximate surface area is 176 Å². The molecular formula is C19H19N7O3S. The van der Waals surface area contributed by atoms with Gasteiger partial charge in [-0.3, -0.25) is 24.7 Å². The third kappa shape index (κ3) is 4.79. The summed E-state index contributed by atoms with van der Waals surface area (Å²) in [5, 5.41) is 4.76. The van der Waals surface area contributed by atoms with E-state index in [1.165, 1.54) is 18.6 Å². The van der Waals surface area contributed by atoms with Gasteiger partial charge in [-0.1, -0.05) is 0 Å². The largest absolute Gasteiger partial charge is 0.350 e. The van der Waals surface area contributed by atoms with Crippen LogP contribution in [0.25, 0.3) is 6.08 Å². The first-order valence-corrected chi connectivity index (χ1v) is 10.3. The molecule has 10 nitrogen and oxygen atoms in total. The zero-order valence-corrected chi connectivity index (χ0v) is 16.8. The molecule has 154 valence electrons. The molecule has 0 aromatic carbocycles. The third-order valence-electron chi connectivity index (χ3n) is 4.83. The van der Waals surface area contributed by atoms with Gasteiger partial charge < -0.3 is 10.2 Å². The SMILES string of the molecule is O=C1NC(=O)/C(=C/c2ccnc(N3CCC(CNC(=O)c4cnccn4)CC3)n2)S1. The minimum absolute atomic E-state index is 0.220. The Morgan fingerprint density at radius 1 is 1.23 bits per heavy atom. The number of piperidine rings is 1. The van der Waals surface area contributed by atoms with E-state index in [-0.39, 0.29) is 11.1 Å². The highest BCUT2D eigenvalue weighted by Gasteiger charge is 2.26. The van der Waals surface area contributed by atoms with Crippen molar-refractivity contribution in [3.63, 3.8) is 0 Å². The van der Waals surface area contributed by atoms with E-state index < -0.39 is 5.91 Å². The molecule has 2 aromatic heterocycles. The number of amides is 3. The van der Waals surface area contributed by atoms with Crippen LogP contribution in [0.5, 0.6) is 0 Å². The van der Waals surface area contributed by atoms with Crippen LogP contribution < -0.4 is 15.5 Å². The molecule has 0 unspecified atom stereocenters. The van der Waals surface area contributed by atoms with Crippen LogP contribution in [0.2, 0.25) is 0 Å². The van der Waals surface area contributed by atoms with E-state index >= 15 is 0 Å². The molecule has 3 amide bonds. The van der Waals surface area contributed by atoms with E-state index in [0.717, 1.165) is 37.7 Å². The number of nitrogens with one attached hydrogen (secondary N) is 2. The number of hydrogen-bond acceptors (Lipinski definition) is 9. The van der Waals surface area contributed by atoms with Crippen molar-refractivity contribution in [1.82, 2.24) is 30.6 Å². The number of carbonyl (C=O) groups excluding carboxylic acids is 3. The van der Waals surface area contributed by atoms with Crippen molar-refractivity contribution >= 4 is 40.8 Å². The molecule has 0 atom stereocenters. The fourth-order valence-electron chi connectivity index (χ4n) is 3.23. The first-order chi connectivity index (χ1) is 14.6. The van der Waals surface area contributed by atoms with E-state index in [2.05, 4.69) is 35.5 Å². The maximum absolute atomic E-state index is 12.1. The molecule has 2 aromatic rings. The molecule has 4 rings (SSSR count). The second-order valence-electron chi connectivity index (χ2n) is 6.86. The number of aromatic nitrogens is 4. The highest BCUT2D eigenvalue weighted by molar-refractivity contribution is 8.18. The molecule has 2 fully saturated rings. The summed E-state index contributed by atoms with van der Waals surface area (Å²) in [5.41, 5.74) is 0.885. The smallest absolute Gasteiger partial charge is 0.290 e. The highest BCUT2D eigenvalue weighted by Crippen LogP contribution is 2.26. The Morgan fingerprint density at radius 2 is 2.07 bits per heavy atom. The van der Waals surface area contributed by atoms with Crippen LogP contribution in [0.3, 0.4) is 0 Å². The fourth-order valence-corrected chi connectivity index (χ4v) is 3.90. The summed E-state index contributed by atoms with van der Waals surface area (Å²) in [6.07, 6.45) is 9.48. The van der Waals surface area contributed by atoms with Crippen LogP contribution in [0.1, 0.15) is 29.0 Å². The molecule has 0 aliphatic carbocycles. The molecule has 0 bridgehead atoms. The number of hydrogen-bond donors (Lipinski definition) is 2. The molecule has 0 radical (unpaired) electrons. The molecular weight excluding hydrogens is 406 g/mol. The zero-order chi connectivity index (χ0) is 20.9. The molecule has 0 saturated carbocycles. The van der Waals surface area contributed by atoms with Gasteiger partial charge in [-0.2, -0.15) is 0 Å². The van der Waals surface area contributed by atoms with E-state index in [9.17, 15) is 14.4 Å². The Bertz CT molecular complexity index is 991. The van der Waals surface area contributed by atoms with Crippen LogP contribution in [-0.2, 0) is 4.79 Å². The van der Waals surface area contributed by atoms with Gasteiger partial charge in [0.2, 0.25) is 5.95 Å². The first kappa shape index (κ1) is 20.0. The lowest BCUT2D eigenvalue weighted by atomic mass is 9.97. The lowest BCUT2D eigenvalue weighted by Crippen LogP contribution is -2.39. The topological polar surface area (TPSA) is 130 Å². The second-order valence-corrected chi connectivity index (χ2v) is 7.88. The van der Waals surface area contributed by atoms with Gasteiger partial charge in [0, 0.05) is 38.2 Å². The van der Waals surface area contributed by atoms with E-state index in [1.807, 2.05) is 0 Å². The number of nitrogens with zero attached hydrogens (tertiary/aromatic N) is 5. The molecule has 11 heteroatoms. The lowest BCUT2D eigenvalue weighted by molar-refractivity contribution is -0.115. The van der Waals surface area contributed by atoms with Gasteiger partial charge >= 0.3 is 0 Å². The lowest BCUT2D eigenvalue weighted by Gasteiger charge is -2.32. The van der Waals surface area contributed by atoms with Gasteiger partial charge in [0.15, 0.2) is 0 Å². The predicted molar refractivity (Wildman–Crippen MR) is 110 cm³/mol. The van der Waals surface area contributed by atoms with Crippen molar-refractivity contribution in [2.75, 3.05) is 24.5 Å². The van der Waals surface area contributed by atoms with Crippen molar-refractivity contribution in [3.05, 3.63) is 47.1 Å². The fraction of sp³-hybridized carbons (Fsp3) is 0.316. The molecule has 2 aliphatic heterocycles. The Balaban J connectivity index is 1.31. The van der Waals surface area contributed by atoms with E-state index in [4.69, 9.17) is 0 Å². The summed E-state index contributed by atoms with van der Waals surface area (Å²) >= 11 is 0.861. The van der Waals surface area contributed by atoms with Crippen molar-refractivity contribution in [2.45, 2.75) is 12.8 Å². The number of carbonyl (C=O) groups is 3. The predicted octanol–water partition coefficient (Wildman–Crippen LogP) is 1.24. The quantitative estimate of drug-likeness (QED) is 0.679. The normalized spacial score (nSPS) is 18.5.